The number of anilines is 1. The lowest BCUT2D eigenvalue weighted by Gasteiger charge is -2.21. The van der Waals surface area contributed by atoms with Crippen LogP contribution in [0.15, 0.2) is 24.3 Å². The topological polar surface area (TPSA) is 58.3 Å². The van der Waals surface area contributed by atoms with Crippen LogP contribution in [0.4, 0.5) is 5.69 Å². The molecule has 0 saturated heterocycles. The highest BCUT2D eigenvalue weighted by molar-refractivity contribution is 5.46. The monoisotopic (exact) mass is 220 g/mol. The smallest absolute Gasteiger partial charge is 0.0682 e. The summed E-state index contributed by atoms with van der Waals surface area (Å²) in [5.41, 5.74) is 7.80. The van der Waals surface area contributed by atoms with Crippen molar-refractivity contribution in [1.29, 1.82) is 0 Å². The lowest BCUT2D eigenvalue weighted by Crippen LogP contribution is -2.29. The maximum absolute atomic E-state index is 9.07. The molecule has 3 nitrogen and oxygen atoms in total. The van der Waals surface area contributed by atoms with Gasteiger partial charge in [-0.25, -0.2) is 0 Å². The van der Waals surface area contributed by atoms with Crippen LogP contribution in [0, 0.1) is 5.92 Å². The largest absolute Gasteiger partial charge is 0.392 e. The third kappa shape index (κ3) is 2.54. The molecule has 1 aliphatic rings. The van der Waals surface area contributed by atoms with E-state index in [1.807, 2.05) is 24.3 Å². The first-order valence-electron chi connectivity index (χ1n) is 6.00. The first kappa shape index (κ1) is 11.4. The number of rotatable bonds is 4. The van der Waals surface area contributed by atoms with Gasteiger partial charge in [0.2, 0.25) is 0 Å². The van der Waals surface area contributed by atoms with E-state index in [0.29, 0.717) is 12.0 Å². The molecule has 0 heterocycles. The zero-order chi connectivity index (χ0) is 11.4. The Morgan fingerprint density at radius 2 is 2.25 bits per heavy atom. The number of hydrogen-bond donors (Lipinski definition) is 3. The van der Waals surface area contributed by atoms with Gasteiger partial charge in [-0.3, -0.25) is 0 Å². The predicted molar refractivity (Wildman–Crippen MR) is 66.2 cm³/mol. The maximum atomic E-state index is 9.07. The Kier molecular flexibility index (Phi) is 3.80. The van der Waals surface area contributed by atoms with Crippen LogP contribution in [-0.4, -0.2) is 17.7 Å². The average molecular weight is 220 g/mol. The van der Waals surface area contributed by atoms with Gasteiger partial charge >= 0.3 is 0 Å². The molecule has 1 aromatic carbocycles. The Hall–Kier alpha value is -1.06. The Bertz CT molecular complexity index is 340. The first-order chi connectivity index (χ1) is 7.83. The van der Waals surface area contributed by atoms with Gasteiger partial charge in [-0.15, -0.1) is 0 Å². The van der Waals surface area contributed by atoms with Crippen molar-refractivity contribution in [1.82, 2.24) is 0 Å². The fraction of sp³-hybridized carbons (Fsp3) is 0.538. The van der Waals surface area contributed by atoms with E-state index in [-0.39, 0.29) is 6.61 Å². The van der Waals surface area contributed by atoms with Crippen molar-refractivity contribution in [2.24, 2.45) is 11.7 Å². The summed E-state index contributed by atoms with van der Waals surface area (Å²) in [5.74, 6) is 0.595. The van der Waals surface area contributed by atoms with Crippen molar-refractivity contribution < 1.29 is 5.11 Å². The third-order valence-corrected chi connectivity index (χ3v) is 3.42. The number of hydrogen-bond acceptors (Lipinski definition) is 3. The summed E-state index contributed by atoms with van der Waals surface area (Å²) in [7, 11) is 0. The number of nitrogens with two attached hydrogens (primary N) is 1. The summed E-state index contributed by atoms with van der Waals surface area (Å²) in [4.78, 5) is 0. The number of nitrogens with one attached hydrogen (secondary N) is 1. The van der Waals surface area contributed by atoms with Crippen LogP contribution in [0.1, 0.15) is 24.8 Å². The van der Waals surface area contributed by atoms with E-state index in [1.54, 1.807) is 0 Å². The Morgan fingerprint density at radius 3 is 3.00 bits per heavy atom. The summed E-state index contributed by atoms with van der Waals surface area (Å²) < 4.78 is 0. The highest BCUT2D eigenvalue weighted by atomic mass is 16.3. The molecular weight excluding hydrogens is 200 g/mol. The molecule has 1 aromatic rings. The second kappa shape index (κ2) is 5.32. The molecule has 0 spiro atoms. The standard InChI is InChI=1S/C13H20N2O/c14-8-11-4-2-6-13(11)15-12-5-1-3-10(7-12)9-16/h1,3,5,7,11,13,15-16H,2,4,6,8-9,14H2. The number of aliphatic hydroxyl groups excluding tert-OH is 1. The summed E-state index contributed by atoms with van der Waals surface area (Å²) in [5, 5.41) is 12.6. The first-order valence-corrected chi connectivity index (χ1v) is 6.00. The van der Waals surface area contributed by atoms with Gasteiger partial charge in [0.05, 0.1) is 6.61 Å². The molecule has 1 aliphatic carbocycles. The second-order valence-electron chi connectivity index (χ2n) is 4.54. The fourth-order valence-corrected chi connectivity index (χ4v) is 2.48. The Balaban J connectivity index is 2.02. The van der Waals surface area contributed by atoms with E-state index < -0.39 is 0 Å². The van der Waals surface area contributed by atoms with E-state index in [2.05, 4.69) is 5.32 Å². The predicted octanol–water partition coefficient (Wildman–Crippen LogP) is 1.72. The van der Waals surface area contributed by atoms with E-state index in [0.717, 1.165) is 17.8 Å². The van der Waals surface area contributed by atoms with E-state index >= 15 is 0 Å². The van der Waals surface area contributed by atoms with Gasteiger partial charge in [0.15, 0.2) is 0 Å². The van der Waals surface area contributed by atoms with Gasteiger partial charge in [0.25, 0.3) is 0 Å². The van der Waals surface area contributed by atoms with Crippen molar-refractivity contribution in [2.75, 3.05) is 11.9 Å². The SMILES string of the molecule is NCC1CCCC1Nc1cccc(CO)c1. The molecule has 0 bridgehead atoms. The molecule has 4 N–H and O–H groups in total. The lowest BCUT2D eigenvalue weighted by molar-refractivity contribution is 0.282. The average Bonchev–Trinajstić information content (AvgIpc) is 2.76. The third-order valence-electron chi connectivity index (χ3n) is 3.42. The van der Waals surface area contributed by atoms with Crippen LogP contribution in [0.3, 0.4) is 0 Å². The fourth-order valence-electron chi connectivity index (χ4n) is 2.48. The molecule has 88 valence electrons. The minimum atomic E-state index is 0.0977. The normalized spacial score (nSPS) is 24.6. The molecule has 1 fully saturated rings. The van der Waals surface area contributed by atoms with Gasteiger partial charge in [-0.2, -0.15) is 0 Å². The van der Waals surface area contributed by atoms with Gasteiger partial charge in [-0.05, 0) is 43.0 Å². The van der Waals surface area contributed by atoms with Crippen molar-refractivity contribution in [3.8, 4) is 0 Å². The number of aliphatic hydroxyl groups is 1. The summed E-state index contributed by atoms with van der Waals surface area (Å²) in [6.45, 7) is 0.859. The van der Waals surface area contributed by atoms with Crippen LogP contribution in [-0.2, 0) is 6.61 Å². The van der Waals surface area contributed by atoms with Crippen LogP contribution < -0.4 is 11.1 Å². The molecule has 0 amide bonds. The quantitative estimate of drug-likeness (QED) is 0.724. The highest BCUT2D eigenvalue weighted by Crippen LogP contribution is 2.27. The molecule has 2 unspecified atom stereocenters. The van der Waals surface area contributed by atoms with Crippen LogP contribution >= 0.6 is 0 Å². The summed E-state index contributed by atoms with van der Waals surface area (Å²) >= 11 is 0. The minimum absolute atomic E-state index is 0.0977. The molecule has 2 rings (SSSR count). The molecule has 1 saturated carbocycles. The molecule has 16 heavy (non-hydrogen) atoms. The highest BCUT2D eigenvalue weighted by Gasteiger charge is 2.25. The molecule has 0 aromatic heterocycles. The van der Waals surface area contributed by atoms with E-state index in [4.69, 9.17) is 10.8 Å². The lowest BCUT2D eigenvalue weighted by atomic mass is 10.0. The molecule has 0 radical (unpaired) electrons. The van der Waals surface area contributed by atoms with Gasteiger partial charge in [0.1, 0.15) is 0 Å². The molecule has 3 heteroatoms. The van der Waals surface area contributed by atoms with Gasteiger partial charge in [0, 0.05) is 11.7 Å². The zero-order valence-corrected chi connectivity index (χ0v) is 9.52. The minimum Gasteiger partial charge on any atom is -0.392 e. The van der Waals surface area contributed by atoms with Gasteiger partial charge in [-0.1, -0.05) is 18.6 Å². The van der Waals surface area contributed by atoms with Crippen LogP contribution in [0.25, 0.3) is 0 Å². The maximum Gasteiger partial charge on any atom is 0.0682 e. The van der Waals surface area contributed by atoms with E-state index in [1.165, 1.54) is 19.3 Å². The Labute approximate surface area is 96.7 Å². The zero-order valence-electron chi connectivity index (χ0n) is 9.52. The van der Waals surface area contributed by atoms with E-state index in [9.17, 15) is 0 Å². The molecular formula is C13H20N2O. The number of benzene rings is 1. The summed E-state index contributed by atoms with van der Waals surface area (Å²) in [6.07, 6.45) is 3.69. The molecule has 0 aliphatic heterocycles. The Morgan fingerprint density at radius 1 is 1.38 bits per heavy atom. The molecule has 2 atom stereocenters. The van der Waals surface area contributed by atoms with Crippen LogP contribution in [0.5, 0.6) is 0 Å². The van der Waals surface area contributed by atoms with Crippen LogP contribution in [0.2, 0.25) is 0 Å². The second-order valence-corrected chi connectivity index (χ2v) is 4.54. The van der Waals surface area contributed by atoms with Crippen molar-refractivity contribution >= 4 is 5.69 Å². The summed E-state index contributed by atoms with van der Waals surface area (Å²) in [6, 6.07) is 8.45. The van der Waals surface area contributed by atoms with Gasteiger partial charge < -0.3 is 16.2 Å². The van der Waals surface area contributed by atoms with Crippen molar-refractivity contribution in [2.45, 2.75) is 31.9 Å². The van der Waals surface area contributed by atoms with Crippen molar-refractivity contribution in [3.63, 3.8) is 0 Å². The van der Waals surface area contributed by atoms with Crippen molar-refractivity contribution in [3.05, 3.63) is 29.8 Å².